The Hall–Kier alpha value is -2.45. The van der Waals surface area contributed by atoms with Crippen molar-refractivity contribution < 1.29 is 18.3 Å². The highest BCUT2D eigenvalue weighted by molar-refractivity contribution is 6.30. The average molecular weight is 350 g/mol. The summed E-state index contributed by atoms with van der Waals surface area (Å²) in [4.78, 5) is 11.8. The molecule has 6 heteroatoms. The normalized spacial score (nSPS) is 13.0. The number of halogens is 3. The molecular formula is C18H14ClF2NO2. The number of hydrogen-bond donors (Lipinski definition) is 0. The molecule has 0 amide bonds. The van der Waals surface area contributed by atoms with Gasteiger partial charge in [-0.25, -0.2) is 8.78 Å². The van der Waals surface area contributed by atoms with Crippen LogP contribution in [0.15, 0.2) is 42.5 Å². The Labute approximate surface area is 143 Å². The highest BCUT2D eigenvalue weighted by Crippen LogP contribution is 2.37. The number of methoxy groups -OCH3 is 1. The van der Waals surface area contributed by atoms with Crippen LogP contribution in [0, 0.1) is 23.0 Å². The first-order valence-electron chi connectivity index (χ1n) is 7.13. The second-order valence-corrected chi connectivity index (χ2v) is 5.66. The largest absolute Gasteiger partial charge is 0.469 e. The Kier molecular flexibility index (Phi) is 5.88. The maximum Gasteiger partial charge on any atom is 0.306 e. The van der Waals surface area contributed by atoms with Crippen LogP contribution in [0.2, 0.25) is 5.02 Å². The van der Waals surface area contributed by atoms with E-state index in [-0.39, 0.29) is 12.0 Å². The van der Waals surface area contributed by atoms with Crippen LogP contribution in [0.4, 0.5) is 8.78 Å². The van der Waals surface area contributed by atoms with Crippen molar-refractivity contribution in [2.75, 3.05) is 7.11 Å². The van der Waals surface area contributed by atoms with E-state index in [0.717, 1.165) is 12.1 Å². The van der Waals surface area contributed by atoms with Gasteiger partial charge in [-0.2, -0.15) is 5.26 Å². The lowest BCUT2D eigenvalue weighted by molar-refractivity contribution is -0.141. The Morgan fingerprint density at radius 3 is 2.54 bits per heavy atom. The van der Waals surface area contributed by atoms with E-state index >= 15 is 0 Å². The maximum absolute atomic E-state index is 13.5. The van der Waals surface area contributed by atoms with Crippen molar-refractivity contribution in [1.82, 2.24) is 0 Å². The molecule has 2 rings (SSSR count). The smallest absolute Gasteiger partial charge is 0.306 e. The molecule has 2 aromatic rings. The van der Waals surface area contributed by atoms with Gasteiger partial charge in [0.05, 0.1) is 25.5 Å². The van der Waals surface area contributed by atoms with Crippen molar-refractivity contribution in [3.05, 3.63) is 70.2 Å². The summed E-state index contributed by atoms with van der Waals surface area (Å²) in [6.45, 7) is 0. The van der Waals surface area contributed by atoms with Gasteiger partial charge in [0.1, 0.15) is 0 Å². The molecule has 0 aliphatic heterocycles. The quantitative estimate of drug-likeness (QED) is 0.743. The molecule has 0 fully saturated rings. The first kappa shape index (κ1) is 17.9. The third-order valence-electron chi connectivity index (χ3n) is 3.74. The summed E-state index contributed by atoms with van der Waals surface area (Å²) in [5.41, 5.74) is 0.925. The van der Waals surface area contributed by atoms with E-state index in [4.69, 9.17) is 16.3 Å². The van der Waals surface area contributed by atoms with Crippen LogP contribution in [-0.2, 0) is 9.53 Å². The van der Waals surface area contributed by atoms with Crippen LogP contribution in [0.5, 0.6) is 0 Å². The van der Waals surface area contributed by atoms with Gasteiger partial charge in [-0.3, -0.25) is 4.79 Å². The number of carbonyl (C=O) groups is 1. The van der Waals surface area contributed by atoms with Crippen LogP contribution in [0.1, 0.15) is 29.4 Å². The summed E-state index contributed by atoms with van der Waals surface area (Å²) >= 11 is 5.99. The lowest BCUT2D eigenvalue weighted by Crippen LogP contribution is -2.16. The summed E-state index contributed by atoms with van der Waals surface area (Å²) in [6.07, 6.45) is -0.0892. The van der Waals surface area contributed by atoms with Gasteiger partial charge in [0, 0.05) is 10.9 Å². The topological polar surface area (TPSA) is 50.1 Å². The van der Waals surface area contributed by atoms with E-state index in [0.29, 0.717) is 10.6 Å². The van der Waals surface area contributed by atoms with Crippen molar-refractivity contribution in [3.8, 4) is 6.07 Å². The van der Waals surface area contributed by atoms with Crippen LogP contribution >= 0.6 is 11.6 Å². The number of nitriles is 1. The molecule has 0 aliphatic rings. The monoisotopic (exact) mass is 349 g/mol. The van der Waals surface area contributed by atoms with Crippen LogP contribution < -0.4 is 0 Å². The van der Waals surface area contributed by atoms with Gasteiger partial charge in [-0.15, -0.1) is 0 Å². The zero-order valence-corrected chi connectivity index (χ0v) is 13.6. The van der Waals surface area contributed by atoms with Crippen LogP contribution in [0.3, 0.4) is 0 Å². The zero-order valence-electron chi connectivity index (χ0n) is 12.8. The van der Waals surface area contributed by atoms with E-state index in [2.05, 4.69) is 6.07 Å². The molecule has 2 atom stereocenters. The SMILES string of the molecule is COC(=O)CC(c1cccc(Cl)c1)C(C#N)c1ccc(F)c(F)c1. The number of ether oxygens (including phenoxy) is 1. The Balaban J connectivity index is 2.48. The molecule has 0 radical (unpaired) electrons. The number of benzene rings is 2. The molecule has 0 heterocycles. The molecule has 124 valence electrons. The number of carbonyl (C=O) groups excluding carboxylic acids is 1. The van der Waals surface area contributed by atoms with E-state index in [1.807, 2.05) is 0 Å². The molecule has 3 nitrogen and oxygen atoms in total. The van der Waals surface area contributed by atoms with Crippen molar-refractivity contribution in [2.24, 2.45) is 0 Å². The summed E-state index contributed by atoms with van der Waals surface area (Å²) in [5.74, 6) is -4.02. The fourth-order valence-corrected chi connectivity index (χ4v) is 2.73. The maximum atomic E-state index is 13.5. The van der Waals surface area contributed by atoms with Crippen molar-refractivity contribution in [1.29, 1.82) is 5.26 Å². The van der Waals surface area contributed by atoms with E-state index < -0.39 is 29.4 Å². The van der Waals surface area contributed by atoms with Gasteiger partial charge >= 0.3 is 5.97 Å². The molecule has 0 aromatic heterocycles. The molecule has 0 aliphatic carbocycles. The summed E-state index contributed by atoms with van der Waals surface area (Å²) in [5, 5.41) is 10.0. The summed E-state index contributed by atoms with van der Waals surface area (Å²) in [7, 11) is 1.25. The molecule has 0 bridgehead atoms. The summed E-state index contributed by atoms with van der Waals surface area (Å²) in [6, 6.07) is 12.1. The van der Waals surface area contributed by atoms with Gasteiger partial charge in [0.2, 0.25) is 0 Å². The van der Waals surface area contributed by atoms with E-state index in [1.165, 1.54) is 13.2 Å². The minimum atomic E-state index is -1.05. The Bertz CT molecular complexity index is 789. The van der Waals surface area contributed by atoms with Crippen molar-refractivity contribution in [3.63, 3.8) is 0 Å². The molecule has 0 spiro atoms. The number of nitrogens with zero attached hydrogens (tertiary/aromatic N) is 1. The van der Waals surface area contributed by atoms with E-state index in [9.17, 15) is 18.8 Å². The minimum absolute atomic E-state index is 0.0892. The molecule has 2 aromatic carbocycles. The second kappa shape index (κ2) is 7.89. The highest BCUT2D eigenvalue weighted by atomic mass is 35.5. The Morgan fingerprint density at radius 1 is 1.21 bits per heavy atom. The third kappa shape index (κ3) is 4.09. The lowest BCUT2D eigenvalue weighted by Gasteiger charge is -2.22. The fourth-order valence-electron chi connectivity index (χ4n) is 2.53. The first-order valence-corrected chi connectivity index (χ1v) is 7.51. The van der Waals surface area contributed by atoms with Crippen molar-refractivity contribution >= 4 is 17.6 Å². The van der Waals surface area contributed by atoms with Crippen LogP contribution in [0.25, 0.3) is 0 Å². The second-order valence-electron chi connectivity index (χ2n) is 5.22. The predicted octanol–water partition coefficient (Wildman–Crippen LogP) is 4.57. The van der Waals surface area contributed by atoms with E-state index in [1.54, 1.807) is 24.3 Å². The van der Waals surface area contributed by atoms with Gasteiger partial charge in [0.15, 0.2) is 11.6 Å². The lowest BCUT2D eigenvalue weighted by atomic mass is 9.80. The minimum Gasteiger partial charge on any atom is -0.469 e. The Morgan fingerprint density at radius 2 is 1.96 bits per heavy atom. The fraction of sp³-hybridized carbons (Fsp3) is 0.222. The number of rotatable bonds is 5. The van der Waals surface area contributed by atoms with Crippen LogP contribution in [-0.4, -0.2) is 13.1 Å². The molecule has 0 saturated carbocycles. The first-order chi connectivity index (χ1) is 11.5. The number of esters is 1. The van der Waals surface area contributed by atoms with Gasteiger partial charge in [-0.1, -0.05) is 29.8 Å². The van der Waals surface area contributed by atoms with Gasteiger partial charge < -0.3 is 4.74 Å². The molecule has 0 saturated heterocycles. The third-order valence-corrected chi connectivity index (χ3v) is 3.97. The highest BCUT2D eigenvalue weighted by Gasteiger charge is 2.28. The standard InChI is InChI=1S/C18H14ClF2NO2/c1-24-18(23)9-14(11-3-2-4-13(19)7-11)15(10-22)12-5-6-16(20)17(21)8-12/h2-8,14-15H,9H2,1H3. The average Bonchev–Trinajstić information content (AvgIpc) is 2.57. The molecular weight excluding hydrogens is 336 g/mol. The van der Waals surface area contributed by atoms with Gasteiger partial charge in [-0.05, 0) is 35.4 Å². The molecule has 2 unspecified atom stereocenters. The number of hydrogen-bond acceptors (Lipinski definition) is 3. The van der Waals surface area contributed by atoms with Gasteiger partial charge in [0.25, 0.3) is 0 Å². The zero-order chi connectivity index (χ0) is 17.7. The molecule has 0 N–H and O–H groups in total. The van der Waals surface area contributed by atoms with Crippen molar-refractivity contribution in [2.45, 2.75) is 18.3 Å². The molecule has 24 heavy (non-hydrogen) atoms. The summed E-state index contributed by atoms with van der Waals surface area (Å²) < 4.78 is 31.4. The predicted molar refractivity (Wildman–Crippen MR) is 85.5 cm³/mol.